The minimum atomic E-state index is -0.211. The number of carbonyl (C=O) groups excluding carboxylic acids is 1. The average Bonchev–Trinajstić information content (AvgIpc) is 2.52. The summed E-state index contributed by atoms with van der Waals surface area (Å²) in [5.74, 6) is -0.416. The highest BCUT2D eigenvalue weighted by atomic mass is 32.2. The van der Waals surface area contributed by atoms with Gasteiger partial charge in [0.1, 0.15) is 6.61 Å². The molecular formula is C16H25NO3S. The number of carbonyl (C=O) groups is 1. The van der Waals surface area contributed by atoms with E-state index < -0.39 is 0 Å². The van der Waals surface area contributed by atoms with E-state index in [2.05, 4.69) is 5.32 Å². The second-order valence-corrected chi connectivity index (χ2v) is 6.22. The van der Waals surface area contributed by atoms with Crippen LogP contribution in [0, 0.1) is 5.92 Å². The number of hydrogen-bond donors (Lipinski definition) is 2. The van der Waals surface area contributed by atoms with Crippen LogP contribution in [0.2, 0.25) is 0 Å². The average molecular weight is 311 g/mol. The van der Waals surface area contributed by atoms with Crippen molar-refractivity contribution < 1.29 is 14.6 Å². The summed E-state index contributed by atoms with van der Waals surface area (Å²) in [4.78, 5) is 11.9. The molecule has 0 heterocycles. The summed E-state index contributed by atoms with van der Waals surface area (Å²) in [6.45, 7) is 4.84. The first-order valence-electron chi connectivity index (χ1n) is 7.16. The van der Waals surface area contributed by atoms with Gasteiger partial charge in [0.2, 0.25) is 0 Å². The van der Waals surface area contributed by atoms with Crippen molar-refractivity contribution in [3.63, 3.8) is 0 Å². The molecule has 0 aliphatic rings. The Morgan fingerprint density at radius 1 is 1.33 bits per heavy atom. The molecule has 0 amide bonds. The first-order chi connectivity index (χ1) is 10.1. The van der Waals surface area contributed by atoms with E-state index in [1.165, 1.54) is 0 Å². The lowest BCUT2D eigenvalue weighted by Gasteiger charge is -2.22. The van der Waals surface area contributed by atoms with Crippen LogP contribution in [0.25, 0.3) is 0 Å². The van der Waals surface area contributed by atoms with Crippen molar-refractivity contribution >= 4 is 17.7 Å². The fourth-order valence-electron chi connectivity index (χ4n) is 1.89. The Bertz CT molecular complexity index is 409. The third-order valence-electron chi connectivity index (χ3n) is 3.41. The number of aliphatic hydroxyl groups excluding tert-OH is 1. The molecule has 5 heteroatoms. The largest absolute Gasteiger partial charge is 0.461 e. The van der Waals surface area contributed by atoms with Gasteiger partial charge in [-0.05, 0) is 18.7 Å². The van der Waals surface area contributed by atoms with Gasteiger partial charge in [-0.3, -0.25) is 4.79 Å². The molecule has 21 heavy (non-hydrogen) atoms. The van der Waals surface area contributed by atoms with Crippen molar-refractivity contribution in [3.8, 4) is 0 Å². The van der Waals surface area contributed by atoms with Gasteiger partial charge in [-0.2, -0.15) is 11.8 Å². The van der Waals surface area contributed by atoms with E-state index >= 15 is 0 Å². The maximum Gasteiger partial charge on any atom is 0.310 e. The van der Waals surface area contributed by atoms with E-state index in [0.29, 0.717) is 13.2 Å². The zero-order valence-corrected chi connectivity index (χ0v) is 13.7. The predicted octanol–water partition coefficient (Wildman–Crippen LogP) is 2.07. The fraction of sp³-hybridized carbons (Fsp3) is 0.562. The Balaban J connectivity index is 2.31. The molecule has 0 bridgehead atoms. The van der Waals surface area contributed by atoms with Crippen molar-refractivity contribution in [1.29, 1.82) is 0 Å². The van der Waals surface area contributed by atoms with Gasteiger partial charge < -0.3 is 15.2 Å². The molecule has 1 aromatic rings. The molecule has 0 fully saturated rings. The van der Waals surface area contributed by atoms with E-state index in [-0.39, 0.29) is 29.8 Å². The highest BCUT2D eigenvalue weighted by molar-refractivity contribution is 7.99. The maximum absolute atomic E-state index is 11.9. The molecule has 3 unspecified atom stereocenters. The first kappa shape index (κ1) is 18.0. The highest BCUT2D eigenvalue weighted by Crippen LogP contribution is 2.11. The molecule has 0 saturated heterocycles. The van der Waals surface area contributed by atoms with Gasteiger partial charge in [-0.25, -0.2) is 0 Å². The minimum Gasteiger partial charge on any atom is -0.461 e. The second kappa shape index (κ2) is 9.82. The Labute approximate surface area is 131 Å². The van der Waals surface area contributed by atoms with Crippen molar-refractivity contribution in [1.82, 2.24) is 5.32 Å². The Hall–Kier alpha value is -1.04. The van der Waals surface area contributed by atoms with Crippen LogP contribution in [0.15, 0.2) is 30.3 Å². The number of hydrogen-bond acceptors (Lipinski definition) is 5. The summed E-state index contributed by atoms with van der Waals surface area (Å²) >= 11 is 1.62. The van der Waals surface area contributed by atoms with E-state index in [4.69, 9.17) is 4.74 Å². The molecule has 0 aliphatic carbocycles. The SMILES string of the molecule is CSC(CO)C(C)NCC(C)C(=O)OCc1ccccc1. The molecule has 0 saturated carbocycles. The Kier molecular flexibility index (Phi) is 8.42. The van der Waals surface area contributed by atoms with Crippen LogP contribution in [-0.2, 0) is 16.1 Å². The molecule has 0 spiro atoms. The van der Waals surface area contributed by atoms with E-state index in [9.17, 15) is 9.90 Å². The number of ether oxygens (including phenoxy) is 1. The zero-order chi connectivity index (χ0) is 15.7. The van der Waals surface area contributed by atoms with E-state index in [0.717, 1.165) is 5.56 Å². The van der Waals surface area contributed by atoms with Crippen molar-refractivity contribution in [2.24, 2.45) is 5.92 Å². The third-order valence-corrected chi connectivity index (χ3v) is 4.58. The second-order valence-electron chi connectivity index (χ2n) is 5.15. The van der Waals surface area contributed by atoms with Crippen LogP contribution in [-0.4, -0.2) is 41.8 Å². The lowest BCUT2D eigenvalue weighted by atomic mass is 10.1. The summed E-state index contributed by atoms with van der Waals surface area (Å²) in [7, 11) is 0. The summed E-state index contributed by atoms with van der Waals surface area (Å²) in [5, 5.41) is 12.6. The fourth-order valence-corrected chi connectivity index (χ4v) is 2.54. The predicted molar refractivity (Wildman–Crippen MR) is 87.3 cm³/mol. The van der Waals surface area contributed by atoms with Crippen LogP contribution in [0.4, 0.5) is 0 Å². The maximum atomic E-state index is 11.9. The lowest BCUT2D eigenvalue weighted by molar-refractivity contribution is -0.149. The van der Waals surface area contributed by atoms with Gasteiger partial charge in [-0.15, -0.1) is 0 Å². The molecule has 0 radical (unpaired) electrons. The van der Waals surface area contributed by atoms with Gasteiger partial charge in [0.25, 0.3) is 0 Å². The number of thioether (sulfide) groups is 1. The molecule has 3 atom stereocenters. The van der Waals surface area contributed by atoms with Gasteiger partial charge in [0.05, 0.1) is 12.5 Å². The normalized spacial score (nSPS) is 15.2. The molecule has 0 aromatic heterocycles. The topological polar surface area (TPSA) is 58.6 Å². The first-order valence-corrected chi connectivity index (χ1v) is 8.44. The summed E-state index contributed by atoms with van der Waals surface area (Å²) in [6, 6.07) is 9.79. The molecular weight excluding hydrogens is 286 g/mol. The van der Waals surface area contributed by atoms with E-state index in [1.54, 1.807) is 11.8 Å². The number of benzene rings is 1. The summed E-state index contributed by atoms with van der Waals surface area (Å²) in [6.07, 6.45) is 1.97. The number of rotatable bonds is 9. The van der Waals surface area contributed by atoms with Crippen LogP contribution in [0.5, 0.6) is 0 Å². The van der Waals surface area contributed by atoms with Crippen LogP contribution < -0.4 is 5.32 Å². The summed E-state index contributed by atoms with van der Waals surface area (Å²) in [5.41, 5.74) is 0.988. The van der Waals surface area contributed by atoms with Crippen molar-refractivity contribution in [2.75, 3.05) is 19.4 Å². The third kappa shape index (κ3) is 6.50. The molecule has 1 rings (SSSR count). The standard InChI is InChI=1S/C16H25NO3S/c1-12(9-17-13(2)15(10-18)21-3)16(19)20-11-14-7-5-4-6-8-14/h4-8,12-13,15,17-18H,9-11H2,1-3H3. The van der Waals surface area contributed by atoms with Gasteiger partial charge in [-0.1, -0.05) is 37.3 Å². The Morgan fingerprint density at radius 3 is 2.57 bits per heavy atom. The van der Waals surface area contributed by atoms with Crippen molar-refractivity contribution in [2.45, 2.75) is 31.7 Å². The number of nitrogens with one attached hydrogen (secondary N) is 1. The highest BCUT2D eigenvalue weighted by Gasteiger charge is 2.19. The monoisotopic (exact) mass is 311 g/mol. The molecule has 0 aliphatic heterocycles. The summed E-state index contributed by atoms with van der Waals surface area (Å²) < 4.78 is 5.30. The van der Waals surface area contributed by atoms with Crippen LogP contribution in [0.3, 0.4) is 0 Å². The van der Waals surface area contributed by atoms with Crippen LogP contribution >= 0.6 is 11.8 Å². The smallest absolute Gasteiger partial charge is 0.310 e. The lowest BCUT2D eigenvalue weighted by Crippen LogP contribution is -2.41. The molecule has 118 valence electrons. The van der Waals surface area contributed by atoms with Gasteiger partial charge in [0, 0.05) is 17.8 Å². The molecule has 1 aromatic carbocycles. The van der Waals surface area contributed by atoms with Gasteiger partial charge >= 0.3 is 5.97 Å². The quantitative estimate of drug-likeness (QED) is 0.684. The zero-order valence-electron chi connectivity index (χ0n) is 12.9. The minimum absolute atomic E-state index is 0.127. The van der Waals surface area contributed by atoms with E-state index in [1.807, 2.05) is 50.4 Å². The number of aliphatic hydroxyl groups is 1. The Morgan fingerprint density at radius 2 is 2.00 bits per heavy atom. The number of esters is 1. The molecule has 2 N–H and O–H groups in total. The van der Waals surface area contributed by atoms with Crippen molar-refractivity contribution in [3.05, 3.63) is 35.9 Å². The molecule has 4 nitrogen and oxygen atoms in total. The van der Waals surface area contributed by atoms with Gasteiger partial charge in [0.15, 0.2) is 0 Å². The van der Waals surface area contributed by atoms with Crippen LogP contribution in [0.1, 0.15) is 19.4 Å².